The summed E-state index contributed by atoms with van der Waals surface area (Å²) in [6.45, 7) is 1.71. The van der Waals surface area contributed by atoms with Crippen LogP contribution in [-0.4, -0.2) is 70.3 Å². The highest BCUT2D eigenvalue weighted by molar-refractivity contribution is 7.09. The van der Waals surface area contributed by atoms with E-state index in [4.69, 9.17) is 15.6 Å². The van der Waals surface area contributed by atoms with Crippen molar-refractivity contribution in [3.05, 3.63) is 76.2 Å². The van der Waals surface area contributed by atoms with Crippen molar-refractivity contribution in [1.82, 2.24) is 20.2 Å². The third kappa shape index (κ3) is 7.22. The van der Waals surface area contributed by atoms with Gasteiger partial charge in [0.2, 0.25) is 0 Å². The van der Waals surface area contributed by atoms with Gasteiger partial charge in [-0.2, -0.15) is 4.98 Å². The number of thiazole rings is 1. The summed E-state index contributed by atoms with van der Waals surface area (Å²) in [4.78, 5) is 39.0. The second-order valence-corrected chi connectivity index (χ2v) is 10.8. The summed E-state index contributed by atoms with van der Waals surface area (Å²) in [5.74, 6) is 2.14. The Morgan fingerprint density at radius 1 is 1.22 bits per heavy atom. The Hall–Kier alpha value is -4.40. The molecule has 4 aromatic rings. The zero-order valence-electron chi connectivity index (χ0n) is 22.4. The molecule has 1 saturated heterocycles. The summed E-state index contributed by atoms with van der Waals surface area (Å²) in [5.41, 5.74) is 4.09. The van der Waals surface area contributed by atoms with Crippen molar-refractivity contribution in [3.8, 4) is 12.3 Å². The molecule has 0 bridgehead atoms. The van der Waals surface area contributed by atoms with Gasteiger partial charge in [-0.15, -0.1) is 17.8 Å². The number of benzene rings is 2. The van der Waals surface area contributed by atoms with Crippen molar-refractivity contribution < 1.29 is 23.8 Å². The van der Waals surface area contributed by atoms with Crippen LogP contribution in [0.3, 0.4) is 0 Å². The number of hydrogen-bond donors (Lipinski definition) is 2. The second kappa shape index (κ2) is 13.3. The minimum Gasteiger partial charge on any atom is -0.444 e. The Morgan fingerprint density at radius 3 is 2.76 bits per heavy atom. The maximum atomic E-state index is 13.5. The number of nitrogens with zero attached hydrogens (tertiary/aromatic N) is 4. The molecule has 5 rings (SSSR count). The molecule has 2 atom stereocenters. The molecule has 2 N–H and O–H groups in total. The first-order valence-electron chi connectivity index (χ1n) is 13.4. The van der Waals surface area contributed by atoms with Crippen molar-refractivity contribution in [2.24, 2.45) is 0 Å². The van der Waals surface area contributed by atoms with Gasteiger partial charge < -0.3 is 29.4 Å². The predicted molar refractivity (Wildman–Crippen MR) is 156 cm³/mol. The summed E-state index contributed by atoms with van der Waals surface area (Å²) < 4.78 is 11.3. The van der Waals surface area contributed by atoms with Crippen molar-refractivity contribution in [2.45, 2.75) is 38.0 Å². The van der Waals surface area contributed by atoms with Gasteiger partial charge in [-0.25, -0.2) is 4.79 Å². The first-order valence-corrected chi connectivity index (χ1v) is 14.3. The third-order valence-corrected chi connectivity index (χ3v) is 7.63. The van der Waals surface area contributed by atoms with Crippen molar-refractivity contribution >= 4 is 40.5 Å². The topological polar surface area (TPSA) is 121 Å². The largest absolute Gasteiger partial charge is 0.444 e. The second-order valence-electron chi connectivity index (χ2n) is 9.81. The number of aliphatic hydroxyl groups is 1. The normalized spacial score (nSPS) is 14.4. The lowest BCUT2D eigenvalue weighted by Gasteiger charge is -2.29. The molecule has 41 heavy (non-hydrogen) atoms. The van der Waals surface area contributed by atoms with E-state index in [0.717, 1.165) is 36.4 Å². The number of rotatable bonds is 11. The molecule has 2 aromatic heterocycles. The number of carbonyl (C=O) groups excluding carboxylic acids is 2. The Morgan fingerprint density at radius 2 is 2.02 bits per heavy atom. The molecule has 2 amide bonds. The number of aliphatic hydroxyl groups excluding tert-OH is 1. The minimum atomic E-state index is -1.14. The molecule has 2 aromatic carbocycles. The molecule has 1 aliphatic heterocycles. The molecule has 0 spiro atoms. The van der Waals surface area contributed by atoms with Gasteiger partial charge >= 0.3 is 6.09 Å². The molecule has 10 nitrogen and oxygen atoms in total. The smallest absolute Gasteiger partial charge is 0.407 e. The third-order valence-electron chi connectivity index (χ3n) is 6.87. The molecule has 0 radical (unpaired) electrons. The molecule has 212 valence electrons. The lowest BCUT2D eigenvalue weighted by Crippen LogP contribution is -2.50. The van der Waals surface area contributed by atoms with Gasteiger partial charge in [-0.1, -0.05) is 36.3 Å². The van der Waals surface area contributed by atoms with Crippen LogP contribution in [0.25, 0.3) is 11.1 Å². The summed E-state index contributed by atoms with van der Waals surface area (Å²) in [6, 6.07) is 14.3. The van der Waals surface area contributed by atoms with E-state index in [0.29, 0.717) is 29.1 Å². The Kier molecular flexibility index (Phi) is 9.13. The molecular weight excluding hydrogens is 542 g/mol. The van der Waals surface area contributed by atoms with Crippen LogP contribution in [0.15, 0.2) is 64.7 Å². The molecule has 3 heterocycles. The average Bonchev–Trinajstić information content (AvgIpc) is 3.77. The van der Waals surface area contributed by atoms with Crippen LogP contribution >= 0.6 is 11.3 Å². The van der Waals surface area contributed by atoms with E-state index < -0.39 is 18.2 Å². The quantitative estimate of drug-likeness (QED) is 0.260. The number of hydrogen-bond acceptors (Lipinski definition) is 9. The number of carbonyl (C=O) groups is 2. The molecule has 1 aliphatic rings. The fraction of sp³-hybridized carbons (Fsp3) is 0.333. The van der Waals surface area contributed by atoms with Crippen LogP contribution in [0.1, 0.15) is 33.6 Å². The Balaban J connectivity index is 1.30. The summed E-state index contributed by atoms with van der Waals surface area (Å²) >= 11 is 1.37. The highest BCUT2D eigenvalue weighted by Crippen LogP contribution is 2.26. The van der Waals surface area contributed by atoms with E-state index in [-0.39, 0.29) is 25.6 Å². The number of oxazole rings is 1. The van der Waals surface area contributed by atoms with Crippen molar-refractivity contribution in [1.29, 1.82) is 0 Å². The number of aromatic nitrogens is 2. The van der Waals surface area contributed by atoms with E-state index in [2.05, 4.69) is 26.1 Å². The van der Waals surface area contributed by atoms with Gasteiger partial charge in [0.25, 0.3) is 11.9 Å². The number of anilines is 1. The van der Waals surface area contributed by atoms with Gasteiger partial charge in [0, 0.05) is 31.4 Å². The maximum Gasteiger partial charge on any atom is 0.407 e. The van der Waals surface area contributed by atoms with Crippen LogP contribution in [-0.2, 0) is 17.8 Å². The van der Waals surface area contributed by atoms with E-state index in [1.54, 1.807) is 29.9 Å². The summed E-state index contributed by atoms with van der Waals surface area (Å²) in [5, 5.41) is 14.0. The van der Waals surface area contributed by atoms with Crippen LogP contribution < -0.4 is 10.2 Å². The number of ether oxygens (including phenoxy) is 1. The van der Waals surface area contributed by atoms with E-state index in [1.807, 2.05) is 30.3 Å². The van der Waals surface area contributed by atoms with Gasteiger partial charge in [0.15, 0.2) is 5.58 Å². The number of fused-ring (bicyclic) bond motifs is 1. The van der Waals surface area contributed by atoms with Gasteiger partial charge in [-0.05, 0) is 43.0 Å². The monoisotopic (exact) mass is 573 g/mol. The summed E-state index contributed by atoms with van der Waals surface area (Å²) in [6.07, 6.45) is 7.91. The fourth-order valence-corrected chi connectivity index (χ4v) is 5.25. The number of terminal acetylenes is 1. The Bertz CT molecular complexity index is 1490. The molecule has 11 heteroatoms. The average molecular weight is 574 g/mol. The fourth-order valence-electron chi connectivity index (χ4n) is 4.75. The lowest BCUT2D eigenvalue weighted by atomic mass is 10.0. The first kappa shape index (κ1) is 28.1. The highest BCUT2D eigenvalue weighted by Gasteiger charge is 2.28. The highest BCUT2D eigenvalue weighted by atomic mass is 32.1. The predicted octanol–water partition coefficient (Wildman–Crippen LogP) is 3.86. The maximum absolute atomic E-state index is 13.5. The first-order chi connectivity index (χ1) is 20.0. The zero-order chi connectivity index (χ0) is 28.6. The van der Waals surface area contributed by atoms with Crippen molar-refractivity contribution in [3.63, 3.8) is 0 Å². The SMILES string of the molecule is C#CCN(C[C@@H](O)[C@H](Cc1ccccc1)NC(=O)OCc1cncs1)C(=O)c1ccc2nc(N3CCCC3)oc2c1. The van der Waals surface area contributed by atoms with E-state index in [9.17, 15) is 14.7 Å². The number of nitrogens with one attached hydrogen (secondary N) is 1. The lowest BCUT2D eigenvalue weighted by molar-refractivity contribution is 0.0553. The van der Waals surface area contributed by atoms with Crippen LogP contribution in [0.4, 0.5) is 10.8 Å². The number of amides is 2. The molecule has 0 saturated carbocycles. The van der Waals surface area contributed by atoms with Crippen LogP contribution in [0.5, 0.6) is 0 Å². The number of alkyl carbamates (subject to hydrolysis) is 1. The van der Waals surface area contributed by atoms with Crippen LogP contribution in [0, 0.1) is 12.3 Å². The minimum absolute atomic E-state index is 0.0305. The standard InChI is InChI=1S/C30H31N5O5S/c1-2-12-35(28(37)22-10-11-24-27(16-22)40-29(32-24)34-13-6-7-14-34)18-26(36)25(15-21-8-4-3-5-9-21)33-30(38)39-19-23-17-31-20-41-23/h1,3-5,8-11,16-17,20,25-26,36H,6-7,12-15,18-19H2,(H,33,38)/t25-,26+/m0/s1. The van der Waals surface area contributed by atoms with Gasteiger partial charge in [0.05, 0.1) is 29.1 Å². The zero-order valence-corrected chi connectivity index (χ0v) is 23.3. The van der Waals surface area contributed by atoms with Gasteiger partial charge in [0.1, 0.15) is 12.1 Å². The van der Waals surface area contributed by atoms with E-state index >= 15 is 0 Å². The summed E-state index contributed by atoms with van der Waals surface area (Å²) in [7, 11) is 0. The Labute approximate surface area is 242 Å². The molecule has 0 aliphatic carbocycles. The molecular formula is C30H31N5O5S. The van der Waals surface area contributed by atoms with Gasteiger partial charge in [-0.3, -0.25) is 9.78 Å². The molecule has 1 fully saturated rings. The van der Waals surface area contributed by atoms with Crippen molar-refractivity contribution in [2.75, 3.05) is 31.1 Å². The van der Waals surface area contributed by atoms with E-state index in [1.165, 1.54) is 16.2 Å². The molecule has 0 unspecified atom stereocenters. The van der Waals surface area contributed by atoms with Crippen LogP contribution in [0.2, 0.25) is 0 Å².